The van der Waals surface area contributed by atoms with Crippen LogP contribution in [0.1, 0.15) is 54.1 Å². The van der Waals surface area contributed by atoms with Crippen LogP contribution in [0, 0.1) is 0 Å². The van der Waals surface area contributed by atoms with Gasteiger partial charge in [-0.05, 0) is 50.6 Å². The molecular weight excluding hydrogens is 350 g/mol. The molecule has 2 aromatic heterocycles. The minimum absolute atomic E-state index is 0.00609. The number of carbonyl (C=O) groups excluding carboxylic acids is 1. The zero-order chi connectivity index (χ0) is 17.4. The third kappa shape index (κ3) is 3.39. The molecule has 0 unspecified atom stereocenters. The molecule has 0 radical (unpaired) electrons. The molecule has 134 valence electrons. The largest absolute Gasteiger partial charge is 0.317 e. The Morgan fingerprint density at radius 3 is 2.80 bits per heavy atom. The highest BCUT2D eigenvalue weighted by atomic mass is 32.1. The van der Waals surface area contributed by atoms with Crippen molar-refractivity contribution in [3.8, 4) is 10.6 Å². The van der Waals surface area contributed by atoms with Crippen molar-refractivity contribution < 1.29 is 4.79 Å². The lowest BCUT2D eigenvalue weighted by molar-refractivity contribution is -0.114. The predicted molar refractivity (Wildman–Crippen MR) is 106 cm³/mol. The van der Waals surface area contributed by atoms with Crippen molar-refractivity contribution in [1.82, 2.24) is 9.88 Å². The van der Waals surface area contributed by atoms with Crippen LogP contribution in [-0.4, -0.2) is 28.9 Å². The highest BCUT2D eigenvalue weighted by Gasteiger charge is 2.28. The van der Waals surface area contributed by atoms with Gasteiger partial charge in [0.1, 0.15) is 10.0 Å². The first-order valence-corrected chi connectivity index (χ1v) is 10.9. The Kier molecular flexibility index (Phi) is 4.93. The summed E-state index contributed by atoms with van der Waals surface area (Å²) < 4.78 is 0. The molecule has 0 bridgehead atoms. The van der Waals surface area contributed by atoms with Crippen LogP contribution in [0.15, 0.2) is 0 Å². The first-order chi connectivity index (χ1) is 12.2. The van der Waals surface area contributed by atoms with E-state index in [-0.39, 0.29) is 5.91 Å². The molecule has 0 aromatic carbocycles. The topological polar surface area (TPSA) is 45.2 Å². The number of thiazole rings is 1. The minimum atomic E-state index is 0.00609. The molecule has 0 spiro atoms. The summed E-state index contributed by atoms with van der Waals surface area (Å²) in [6.45, 7) is 7.09. The Morgan fingerprint density at radius 1 is 1.20 bits per heavy atom. The number of amides is 1. The maximum atomic E-state index is 11.7. The Hall–Kier alpha value is -1.24. The number of nitrogens with zero attached hydrogens (tertiary/aromatic N) is 2. The van der Waals surface area contributed by atoms with Crippen LogP contribution in [0.3, 0.4) is 0 Å². The summed E-state index contributed by atoms with van der Waals surface area (Å²) in [7, 11) is 0. The van der Waals surface area contributed by atoms with Crippen molar-refractivity contribution >= 4 is 33.6 Å². The van der Waals surface area contributed by atoms with Crippen LogP contribution in [0.25, 0.3) is 10.6 Å². The van der Waals surface area contributed by atoms with E-state index < -0.39 is 0 Å². The molecule has 1 aliphatic heterocycles. The molecule has 2 aliphatic rings. The highest BCUT2D eigenvalue weighted by Crippen LogP contribution is 2.46. The fraction of sp³-hybridized carbons (Fsp3) is 0.579. The van der Waals surface area contributed by atoms with Crippen molar-refractivity contribution in [3.63, 3.8) is 0 Å². The van der Waals surface area contributed by atoms with Crippen molar-refractivity contribution in [2.45, 2.75) is 58.9 Å². The zero-order valence-corrected chi connectivity index (χ0v) is 16.6. The number of thiophene rings is 1. The van der Waals surface area contributed by atoms with Gasteiger partial charge in [-0.3, -0.25) is 9.69 Å². The van der Waals surface area contributed by atoms with Crippen molar-refractivity contribution in [2.24, 2.45) is 0 Å². The summed E-state index contributed by atoms with van der Waals surface area (Å²) in [4.78, 5) is 22.1. The number of aryl methyl sites for hydroxylation is 2. The second kappa shape index (κ2) is 7.17. The minimum Gasteiger partial charge on any atom is -0.317 e. The van der Waals surface area contributed by atoms with Gasteiger partial charge in [0.25, 0.3) is 0 Å². The van der Waals surface area contributed by atoms with Crippen LogP contribution in [0.4, 0.5) is 5.00 Å². The highest BCUT2D eigenvalue weighted by molar-refractivity contribution is 7.19. The average Bonchev–Trinajstić information content (AvgIpc) is 3.14. The lowest BCUT2D eigenvalue weighted by Gasteiger charge is -2.26. The Bertz CT molecular complexity index is 769. The van der Waals surface area contributed by atoms with Crippen molar-refractivity contribution in [3.05, 3.63) is 21.0 Å². The van der Waals surface area contributed by atoms with Gasteiger partial charge in [0.15, 0.2) is 0 Å². The third-order valence-corrected chi connectivity index (χ3v) is 7.33. The molecule has 0 atom stereocenters. The van der Waals surface area contributed by atoms with Gasteiger partial charge in [-0.1, -0.05) is 6.92 Å². The van der Waals surface area contributed by atoms with E-state index in [1.54, 1.807) is 18.3 Å². The first-order valence-electron chi connectivity index (χ1n) is 9.29. The van der Waals surface area contributed by atoms with E-state index in [1.807, 2.05) is 11.3 Å². The molecule has 4 nitrogen and oxygen atoms in total. The molecule has 0 saturated carbocycles. The Balaban J connectivity index is 1.75. The molecule has 1 amide bonds. The SMILES string of the molecule is CCCN1CCc2c(sc(NC(C)=O)c2-c2nc3c(s2)CCCC3)C1. The van der Waals surface area contributed by atoms with Crippen LogP contribution in [0.2, 0.25) is 0 Å². The molecule has 0 fully saturated rings. The van der Waals surface area contributed by atoms with Crippen molar-refractivity contribution in [2.75, 3.05) is 18.4 Å². The molecular formula is C19H25N3OS2. The molecule has 1 N–H and O–H groups in total. The number of fused-ring (bicyclic) bond motifs is 2. The zero-order valence-electron chi connectivity index (χ0n) is 15.0. The monoisotopic (exact) mass is 375 g/mol. The van der Waals surface area contributed by atoms with E-state index in [2.05, 4.69) is 17.1 Å². The maximum absolute atomic E-state index is 11.7. The fourth-order valence-corrected chi connectivity index (χ4v) is 6.53. The Morgan fingerprint density at radius 2 is 2.04 bits per heavy atom. The summed E-state index contributed by atoms with van der Waals surface area (Å²) in [5, 5.41) is 5.21. The molecule has 1 aliphatic carbocycles. The van der Waals surface area contributed by atoms with E-state index in [0.717, 1.165) is 42.5 Å². The molecule has 0 saturated heterocycles. The normalized spacial score (nSPS) is 17.2. The van der Waals surface area contributed by atoms with Crippen LogP contribution in [0.5, 0.6) is 0 Å². The number of anilines is 1. The molecule has 25 heavy (non-hydrogen) atoms. The van der Waals surface area contributed by atoms with Crippen LogP contribution >= 0.6 is 22.7 Å². The summed E-state index contributed by atoms with van der Waals surface area (Å²) in [6.07, 6.45) is 7.05. The first kappa shape index (κ1) is 17.2. The van der Waals surface area contributed by atoms with Gasteiger partial charge in [0.2, 0.25) is 5.91 Å². The van der Waals surface area contributed by atoms with E-state index in [4.69, 9.17) is 4.98 Å². The fourth-order valence-electron chi connectivity index (χ4n) is 3.90. The van der Waals surface area contributed by atoms with Gasteiger partial charge in [0.05, 0.1) is 5.69 Å². The van der Waals surface area contributed by atoms with Gasteiger partial charge >= 0.3 is 0 Å². The lowest BCUT2D eigenvalue weighted by Crippen LogP contribution is -2.30. The summed E-state index contributed by atoms with van der Waals surface area (Å²) in [5.41, 5.74) is 3.93. The van der Waals surface area contributed by atoms with E-state index >= 15 is 0 Å². The van der Waals surface area contributed by atoms with E-state index in [9.17, 15) is 4.79 Å². The van der Waals surface area contributed by atoms with Gasteiger partial charge in [0, 0.05) is 35.3 Å². The summed E-state index contributed by atoms with van der Waals surface area (Å²) >= 11 is 3.60. The average molecular weight is 376 g/mol. The quantitative estimate of drug-likeness (QED) is 0.857. The van der Waals surface area contributed by atoms with Crippen LogP contribution < -0.4 is 5.32 Å². The molecule has 2 aromatic rings. The van der Waals surface area contributed by atoms with Crippen LogP contribution in [-0.2, 0) is 30.6 Å². The third-order valence-electron chi connectivity index (χ3n) is 5.02. The second-order valence-electron chi connectivity index (χ2n) is 7.01. The Labute approximate surface area is 157 Å². The van der Waals surface area contributed by atoms with E-state index in [1.165, 1.54) is 52.3 Å². The standard InChI is InChI=1S/C19H25N3OS2/c1-3-9-22-10-8-13-16(11-22)25-18(20-12(2)23)17(13)19-21-14-6-4-5-7-15(14)24-19/h3-11H2,1-2H3,(H,20,23). The number of carbonyl (C=O) groups is 1. The van der Waals surface area contributed by atoms with Gasteiger partial charge < -0.3 is 5.32 Å². The molecule has 4 rings (SSSR count). The molecule has 3 heterocycles. The summed E-state index contributed by atoms with van der Waals surface area (Å²) in [6, 6.07) is 0. The lowest BCUT2D eigenvalue weighted by atomic mass is 10.0. The number of nitrogens with one attached hydrogen (secondary N) is 1. The van der Waals surface area contributed by atoms with Gasteiger partial charge in [-0.25, -0.2) is 4.98 Å². The van der Waals surface area contributed by atoms with Crippen molar-refractivity contribution in [1.29, 1.82) is 0 Å². The summed E-state index contributed by atoms with van der Waals surface area (Å²) in [5.74, 6) is 0.00609. The smallest absolute Gasteiger partial charge is 0.221 e. The maximum Gasteiger partial charge on any atom is 0.221 e. The van der Waals surface area contributed by atoms with Gasteiger partial charge in [-0.15, -0.1) is 22.7 Å². The number of rotatable bonds is 4. The van der Waals surface area contributed by atoms with Gasteiger partial charge in [-0.2, -0.15) is 0 Å². The second-order valence-corrected chi connectivity index (χ2v) is 9.20. The van der Waals surface area contributed by atoms with E-state index in [0.29, 0.717) is 0 Å². The number of hydrogen-bond acceptors (Lipinski definition) is 5. The predicted octanol–water partition coefficient (Wildman–Crippen LogP) is 4.48. The number of hydrogen-bond donors (Lipinski definition) is 1. The molecule has 6 heteroatoms. The number of aromatic nitrogens is 1.